The molecular formula is C9H16N2O3. The predicted molar refractivity (Wildman–Crippen MR) is 50.6 cm³/mol. The average molecular weight is 200 g/mol. The van der Waals surface area contributed by atoms with Crippen LogP contribution in [0.15, 0.2) is 0 Å². The lowest BCUT2D eigenvalue weighted by molar-refractivity contribution is -0.137. The monoisotopic (exact) mass is 200 g/mol. The summed E-state index contributed by atoms with van der Waals surface area (Å²) in [6.45, 7) is 2.05. The fourth-order valence-corrected chi connectivity index (χ4v) is 1.22. The summed E-state index contributed by atoms with van der Waals surface area (Å²) in [4.78, 5) is 21.5. The summed E-state index contributed by atoms with van der Waals surface area (Å²) < 4.78 is 0. The van der Waals surface area contributed by atoms with Gasteiger partial charge in [-0.15, -0.1) is 0 Å². The zero-order valence-electron chi connectivity index (χ0n) is 8.19. The van der Waals surface area contributed by atoms with Crippen LogP contribution in [0.1, 0.15) is 26.2 Å². The van der Waals surface area contributed by atoms with Crippen LogP contribution in [0.3, 0.4) is 0 Å². The van der Waals surface area contributed by atoms with E-state index in [1.54, 1.807) is 0 Å². The molecule has 4 N–H and O–H groups in total. The molecule has 0 aliphatic heterocycles. The number of amides is 1. The van der Waals surface area contributed by atoms with Gasteiger partial charge in [0, 0.05) is 12.5 Å². The van der Waals surface area contributed by atoms with Gasteiger partial charge in [-0.2, -0.15) is 0 Å². The Morgan fingerprint density at radius 3 is 2.64 bits per heavy atom. The molecule has 3 unspecified atom stereocenters. The SMILES string of the molecule is CC1CC1NC(=O)C(N)CCC(=O)O. The van der Waals surface area contributed by atoms with Gasteiger partial charge in [-0.3, -0.25) is 9.59 Å². The van der Waals surface area contributed by atoms with E-state index in [2.05, 4.69) is 5.32 Å². The number of nitrogens with two attached hydrogens (primary N) is 1. The van der Waals surface area contributed by atoms with Crippen LogP contribution in [-0.2, 0) is 9.59 Å². The van der Waals surface area contributed by atoms with Crippen molar-refractivity contribution in [3.05, 3.63) is 0 Å². The first-order chi connectivity index (χ1) is 6.50. The first-order valence-electron chi connectivity index (χ1n) is 4.78. The van der Waals surface area contributed by atoms with Gasteiger partial charge in [0.25, 0.3) is 0 Å². The molecule has 0 bridgehead atoms. The molecule has 1 aliphatic rings. The van der Waals surface area contributed by atoms with Gasteiger partial charge in [-0.25, -0.2) is 0 Å². The van der Waals surface area contributed by atoms with Crippen molar-refractivity contribution in [1.82, 2.24) is 5.32 Å². The molecule has 1 aliphatic carbocycles. The maximum atomic E-state index is 11.3. The van der Waals surface area contributed by atoms with Crippen molar-refractivity contribution in [3.63, 3.8) is 0 Å². The van der Waals surface area contributed by atoms with Crippen molar-refractivity contribution < 1.29 is 14.7 Å². The van der Waals surface area contributed by atoms with Gasteiger partial charge in [0.15, 0.2) is 0 Å². The number of hydrogen-bond acceptors (Lipinski definition) is 3. The number of rotatable bonds is 5. The lowest BCUT2D eigenvalue weighted by Crippen LogP contribution is -2.42. The molecular weight excluding hydrogens is 184 g/mol. The smallest absolute Gasteiger partial charge is 0.303 e. The largest absolute Gasteiger partial charge is 0.481 e. The van der Waals surface area contributed by atoms with Crippen LogP contribution < -0.4 is 11.1 Å². The van der Waals surface area contributed by atoms with Crippen molar-refractivity contribution >= 4 is 11.9 Å². The molecule has 0 heterocycles. The number of carbonyl (C=O) groups excluding carboxylic acids is 1. The Morgan fingerprint density at radius 1 is 1.64 bits per heavy atom. The lowest BCUT2D eigenvalue weighted by Gasteiger charge is -2.10. The molecule has 5 heteroatoms. The van der Waals surface area contributed by atoms with Crippen molar-refractivity contribution in [2.24, 2.45) is 11.7 Å². The quantitative estimate of drug-likeness (QED) is 0.568. The third-order valence-electron chi connectivity index (χ3n) is 2.44. The molecule has 0 aromatic rings. The molecule has 1 fully saturated rings. The van der Waals surface area contributed by atoms with E-state index in [0.717, 1.165) is 6.42 Å². The van der Waals surface area contributed by atoms with E-state index in [-0.39, 0.29) is 24.8 Å². The zero-order chi connectivity index (χ0) is 10.7. The van der Waals surface area contributed by atoms with E-state index in [1.165, 1.54) is 0 Å². The summed E-state index contributed by atoms with van der Waals surface area (Å²) in [6.07, 6.45) is 1.13. The Kier molecular flexibility index (Phi) is 3.46. The van der Waals surface area contributed by atoms with E-state index < -0.39 is 12.0 Å². The molecule has 1 amide bonds. The van der Waals surface area contributed by atoms with Crippen LogP contribution in [0.4, 0.5) is 0 Å². The molecule has 5 nitrogen and oxygen atoms in total. The van der Waals surface area contributed by atoms with Gasteiger partial charge >= 0.3 is 5.97 Å². The molecule has 3 atom stereocenters. The van der Waals surface area contributed by atoms with Gasteiger partial charge in [-0.05, 0) is 18.8 Å². The van der Waals surface area contributed by atoms with E-state index in [9.17, 15) is 9.59 Å². The summed E-state index contributed by atoms with van der Waals surface area (Å²) >= 11 is 0. The van der Waals surface area contributed by atoms with Crippen molar-refractivity contribution in [3.8, 4) is 0 Å². The van der Waals surface area contributed by atoms with Crippen LogP contribution in [0.2, 0.25) is 0 Å². The minimum Gasteiger partial charge on any atom is -0.481 e. The molecule has 0 spiro atoms. The average Bonchev–Trinajstić information content (AvgIpc) is 2.77. The second-order valence-corrected chi connectivity index (χ2v) is 3.87. The van der Waals surface area contributed by atoms with Gasteiger partial charge in [0.05, 0.1) is 6.04 Å². The Balaban J connectivity index is 2.19. The minimum atomic E-state index is -0.923. The molecule has 0 radical (unpaired) electrons. The van der Waals surface area contributed by atoms with Crippen molar-refractivity contribution in [2.45, 2.75) is 38.3 Å². The second kappa shape index (κ2) is 4.41. The Hall–Kier alpha value is -1.10. The normalized spacial score (nSPS) is 26.7. The predicted octanol–water partition coefficient (Wildman–Crippen LogP) is -0.297. The van der Waals surface area contributed by atoms with Crippen LogP contribution in [0, 0.1) is 5.92 Å². The molecule has 80 valence electrons. The van der Waals surface area contributed by atoms with Gasteiger partial charge < -0.3 is 16.2 Å². The maximum Gasteiger partial charge on any atom is 0.303 e. The van der Waals surface area contributed by atoms with E-state index in [1.807, 2.05) is 6.92 Å². The first kappa shape index (κ1) is 11.0. The number of aliphatic carboxylic acids is 1. The third-order valence-corrected chi connectivity index (χ3v) is 2.44. The van der Waals surface area contributed by atoms with Crippen LogP contribution >= 0.6 is 0 Å². The standard InChI is InChI=1S/C9H16N2O3/c1-5-4-7(5)11-9(14)6(10)2-3-8(12)13/h5-7H,2-4,10H2,1H3,(H,11,14)(H,12,13). The highest BCUT2D eigenvalue weighted by atomic mass is 16.4. The van der Waals surface area contributed by atoms with Crippen molar-refractivity contribution in [1.29, 1.82) is 0 Å². The number of carboxylic acids is 1. The van der Waals surface area contributed by atoms with Crippen LogP contribution in [0.5, 0.6) is 0 Å². The fraction of sp³-hybridized carbons (Fsp3) is 0.778. The third kappa shape index (κ3) is 3.33. The number of hydrogen-bond donors (Lipinski definition) is 3. The summed E-state index contributed by atoms with van der Waals surface area (Å²) in [5.74, 6) is -0.626. The number of carboxylic acid groups (broad SMARTS) is 1. The molecule has 0 aromatic carbocycles. The topological polar surface area (TPSA) is 92.4 Å². The van der Waals surface area contributed by atoms with E-state index in [4.69, 9.17) is 10.8 Å². The second-order valence-electron chi connectivity index (χ2n) is 3.87. The molecule has 1 saturated carbocycles. The fourth-order valence-electron chi connectivity index (χ4n) is 1.22. The first-order valence-corrected chi connectivity index (χ1v) is 4.78. The van der Waals surface area contributed by atoms with Gasteiger partial charge in [-0.1, -0.05) is 6.92 Å². The summed E-state index contributed by atoms with van der Waals surface area (Å²) in [6, 6.07) is -0.447. The van der Waals surface area contributed by atoms with Gasteiger partial charge in [0.1, 0.15) is 0 Å². The van der Waals surface area contributed by atoms with Crippen LogP contribution in [-0.4, -0.2) is 29.1 Å². The number of nitrogens with one attached hydrogen (secondary N) is 1. The zero-order valence-corrected chi connectivity index (χ0v) is 8.19. The summed E-state index contributed by atoms with van der Waals surface area (Å²) in [5.41, 5.74) is 5.51. The molecule has 0 aromatic heterocycles. The summed E-state index contributed by atoms with van der Waals surface area (Å²) in [7, 11) is 0. The van der Waals surface area contributed by atoms with Crippen LogP contribution in [0.25, 0.3) is 0 Å². The summed E-state index contributed by atoms with van der Waals surface area (Å²) in [5, 5.41) is 11.2. The highest BCUT2D eigenvalue weighted by Crippen LogP contribution is 2.28. The maximum absolute atomic E-state index is 11.3. The van der Waals surface area contributed by atoms with Gasteiger partial charge in [0.2, 0.25) is 5.91 Å². The Morgan fingerprint density at radius 2 is 2.21 bits per heavy atom. The minimum absolute atomic E-state index is 0.0607. The van der Waals surface area contributed by atoms with E-state index in [0.29, 0.717) is 5.92 Å². The van der Waals surface area contributed by atoms with Crippen molar-refractivity contribution in [2.75, 3.05) is 0 Å². The Bertz CT molecular complexity index is 242. The Labute approximate surface area is 82.7 Å². The van der Waals surface area contributed by atoms with E-state index >= 15 is 0 Å². The highest BCUT2D eigenvalue weighted by Gasteiger charge is 2.34. The molecule has 14 heavy (non-hydrogen) atoms. The molecule has 0 saturated heterocycles. The highest BCUT2D eigenvalue weighted by molar-refractivity contribution is 5.82. The lowest BCUT2D eigenvalue weighted by atomic mass is 10.1. The molecule has 1 rings (SSSR count). The number of carbonyl (C=O) groups is 2.